The van der Waals surface area contributed by atoms with Gasteiger partial charge < -0.3 is 10.2 Å². The molecule has 3 heterocycles. The van der Waals surface area contributed by atoms with Crippen molar-refractivity contribution in [3.05, 3.63) is 30.3 Å². The molecule has 0 saturated heterocycles. The van der Waals surface area contributed by atoms with Gasteiger partial charge in [-0.1, -0.05) is 0 Å². The first-order chi connectivity index (χ1) is 8.28. The molecule has 0 aromatic carbocycles. The Balaban J connectivity index is 2.26. The Morgan fingerprint density at radius 2 is 2.29 bits per heavy atom. The smallest absolute Gasteiger partial charge is 0.218 e. The minimum atomic E-state index is 0.241. The molecular weight excluding hydrogens is 218 g/mol. The molecule has 0 aliphatic rings. The van der Waals surface area contributed by atoms with Gasteiger partial charge in [-0.3, -0.25) is 0 Å². The van der Waals surface area contributed by atoms with Crippen molar-refractivity contribution in [3.8, 4) is 23.9 Å². The highest BCUT2D eigenvalue weighted by Crippen LogP contribution is 2.18. The maximum atomic E-state index is 5.74. The van der Waals surface area contributed by atoms with Crippen LogP contribution in [-0.4, -0.2) is 19.6 Å². The maximum Gasteiger partial charge on any atom is 0.218 e. The molecule has 0 bridgehead atoms. The first-order valence-electron chi connectivity index (χ1n) is 4.81. The molecule has 6 heteroatoms. The van der Waals surface area contributed by atoms with Crippen molar-refractivity contribution in [2.45, 2.75) is 0 Å². The van der Waals surface area contributed by atoms with Gasteiger partial charge in [0.1, 0.15) is 5.69 Å². The number of rotatable bonds is 1. The zero-order valence-electron chi connectivity index (χ0n) is 8.66. The summed E-state index contributed by atoms with van der Waals surface area (Å²) in [5.41, 5.74) is 6.60. The highest BCUT2D eigenvalue weighted by Gasteiger charge is 2.11. The predicted octanol–water partition coefficient (Wildman–Crippen LogP) is 0.948. The largest absolute Gasteiger partial charge is 0.461 e. The van der Waals surface area contributed by atoms with Gasteiger partial charge in [-0.15, -0.1) is 11.5 Å². The Morgan fingerprint density at radius 3 is 3.00 bits per heavy atom. The molecule has 3 rings (SSSR count). The number of furan rings is 1. The lowest BCUT2D eigenvalue weighted by molar-refractivity contribution is 0.577. The standard InChI is InChI=1S/C11H7N5O/c1-2-7-6-16-11(9(12)13-7)14-10(15-16)8-4-3-5-17-8/h1,3-6H,(H2,12,13). The fourth-order valence-corrected chi connectivity index (χ4v) is 1.49. The molecule has 0 saturated carbocycles. The summed E-state index contributed by atoms with van der Waals surface area (Å²) in [5, 5.41) is 4.22. The van der Waals surface area contributed by atoms with Crippen molar-refractivity contribution in [3.63, 3.8) is 0 Å². The number of hydrogen-bond donors (Lipinski definition) is 1. The van der Waals surface area contributed by atoms with E-state index in [9.17, 15) is 0 Å². The van der Waals surface area contributed by atoms with Crippen LogP contribution in [0.5, 0.6) is 0 Å². The third kappa shape index (κ3) is 1.41. The molecule has 3 aromatic rings. The molecule has 0 spiro atoms. The average molecular weight is 225 g/mol. The van der Waals surface area contributed by atoms with Gasteiger partial charge in [0, 0.05) is 0 Å². The fraction of sp³-hybridized carbons (Fsp3) is 0. The Morgan fingerprint density at radius 1 is 1.41 bits per heavy atom. The molecule has 0 radical (unpaired) electrons. The van der Waals surface area contributed by atoms with Gasteiger partial charge >= 0.3 is 0 Å². The van der Waals surface area contributed by atoms with Crippen LogP contribution in [0.2, 0.25) is 0 Å². The minimum Gasteiger partial charge on any atom is -0.461 e. The van der Waals surface area contributed by atoms with Crippen molar-refractivity contribution in [1.82, 2.24) is 19.6 Å². The first kappa shape index (κ1) is 9.42. The van der Waals surface area contributed by atoms with Crippen molar-refractivity contribution >= 4 is 11.5 Å². The Labute approximate surface area is 96.1 Å². The van der Waals surface area contributed by atoms with Crippen LogP contribution in [0, 0.1) is 12.3 Å². The third-order valence-corrected chi connectivity index (χ3v) is 2.24. The quantitative estimate of drug-likeness (QED) is 0.623. The molecule has 17 heavy (non-hydrogen) atoms. The summed E-state index contributed by atoms with van der Waals surface area (Å²) in [7, 11) is 0. The summed E-state index contributed by atoms with van der Waals surface area (Å²) < 4.78 is 6.70. The molecule has 0 atom stereocenters. The van der Waals surface area contributed by atoms with Crippen LogP contribution in [0.1, 0.15) is 5.69 Å². The van der Waals surface area contributed by atoms with Crippen LogP contribution in [0.15, 0.2) is 29.0 Å². The zero-order valence-corrected chi connectivity index (χ0v) is 8.66. The first-order valence-corrected chi connectivity index (χ1v) is 4.81. The summed E-state index contributed by atoms with van der Waals surface area (Å²) in [5.74, 6) is 3.65. The van der Waals surface area contributed by atoms with E-state index >= 15 is 0 Å². The monoisotopic (exact) mass is 225 g/mol. The second-order valence-electron chi connectivity index (χ2n) is 3.34. The number of nitrogens with two attached hydrogens (primary N) is 1. The van der Waals surface area contributed by atoms with Crippen LogP contribution in [-0.2, 0) is 0 Å². The molecule has 82 valence electrons. The van der Waals surface area contributed by atoms with E-state index in [2.05, 4.69) is 21.0 Å². The normalized spacial score (nSPS) is 10.5. The number of terminal acetylenes is 1. The number of nitrogens with zero attached hydrogens (tertiary/aromatic N) is 4. The Kier molecular flexibility index (Phi) is 1.86. The molecule has 6 nitrogen and oxygen atoms in total. The van der Waals surface area contributed by atoms with E-state index in [1.165, 1.54) is 4.52 Å². The summed E-state index contributed by atoms with van der Waals surface area (Å²) in [4.78, 5) is 8.23. The van der Waals surface area contributed by atoms with E-state index < -0.39 is 0 Å². The Bertz CT molecular complexity index is 720. The fourth-order valence-electron chi connectivity index (χ4n) is 1.49. The van der Waals surface area contributed by atoms with Crippen molar-refractivity contribution in [2.75, 3.05) is 5.73 Å². The number of nitrogen functional groups attached to an aromatic ring is 1. The van der Waals surface area contributed by atoms with Crippen LogP contribution >= 0.6 is 0 Å². The molecule has 0 amide bonds. The van der Waals surface area contributed by atoms with E-state index in [-0.39, 0.29) is 5.82 Å². The highest BCUT2D eigenvalue weighted by molar-refractivity contribution is 5.63. The van der Waals surface area contributed by atoms with Crippen LogP contribution in [0.4, 0.5) is 5.82 Å². The van der Waals surface area contributed by atoms with E-state index in [0.717, 1.165) is 0 Å². The van der Waals surface area contributed by atoms with Gasteiger partial charge in [-0.2, -0.15) is 0 Å². The second kappa shape index (κ2) is 3.35. The number of hydrogen-bond acceptors (Lipinski definition) is 5. The molecular formula is C11H7N5O. The molecule has 3 aromatic heterocycles. The number of aromatic nitrogens is 4. The topological polar surface area (TPSA) is 82.2 Å². The van der Waals surface area contributed by atoms with Gasteiger partial charge in [0.05, 0.1) is 12.5 Å². The molecule has 0 unspecified atom stereocenters. The average Bonchev–Trinajstić information content (AvgIpc) is 2.96. The van der Waals surface area contributed by atoms with Crippen molar-refractivity contribution < 1.29 is 4.42 Å². The van der Waals surface area contributed by atoms with Gasteiger partial charge in [0.2, 0.25) is 5.82 Å². The summed E-state index contributed by atoms with van der Waals surface area (Å²) >= 11 is 0. The number of anilines is 1. The lowest BCUT2D eigenvalue weighted by Crippen LogP contribution is -1.99. The molecule has 0 fully saturated rings. The number of fused-ring (bicyclic) bond motifs is 1. The lowest BCUT2D eigenvalue weighted by atomic mass is 10.4. The van der Waals surface area contributed by atoms with E-state index in [0.29, 0.717) is 22.9 Å². The maximum absolute atomic E-state index is 5.74. The Hall–Kier alpha value is -2.81. The van der Waals surface area contributed by atoms with E-state index in [1.54, 1.807) is 24.6 Å². The summed E-state index contributed by atoms with van der Waals surface area (Å²) in [6, 6.07) is 3.52. The SMILES string of the molecule is C#Cc1cn2nc(-c3ccco3)nc2c(N)n1. The van der Waals surface area contributed by atoms with Gasteiger partial charge in [-0.25, -0.2) is 14.5 Å². The zero-order chi connectivity index (χ0) is 11.8. The van der Waals surface area contributed by atoms with Gasteiger partial charge in [0.15, 0.2) is 17.2 Å². The second-order valence-corrected chi connectivity index (χ2v) is 3.34. The van der Waals surface area contributed by atoms with Crippen LogP contribution in [0.3, 0.4) is 0 Å². The lowest BCUT2D eigenvalue weighted by Gasteiger charge is -1.95. The summed E-state index contributed by atoms with van der Waals surface area (Å²) in [6.07, 6.45) is 8.40. The summed E-state index contributed by atoms with van der Waals surface area (Å²) in [6.45, 7) is 0. The van der Waals surface area contributed by atoms with Gasteiger partial charge in [-0.05, 0) is 18.1 Å². The van der Waals surface area contributed by atoms with Crippen LogP contribution < -0.4 is 5.73 Å². The van der Waals surface area contributed by atoms with Crippen molar-refractivity contribution in [1.29, 1.82) is 0 Å². The highest BCUT2D eigenvalue weighted by atomic mass is 16.3. The van der Waals surface area contributed by atoms with E-state index in [1.807, 2.05) is 0 Å². The predicted molar refractivity (Wildman–Crippen MR) is 60.8 cm³/mol. The molecule has 0 aliphatic heterocycles. The molecule has 0 aliphatic carbocycles. The van der Waals surface area contributed by atoms with Crippen LogP contribution in [0.25, 0.3) is 17.2 Å². The van der Waals surface area contributed by atoms with Gasteiger partial charge in [0.25, 0.3) is 0 Å². The molecule has 2 N–H and O–H groups in total. The van der Waals surface area contributed by atoms with E-state index in [4.69, 9.17) is 16.6 Å². The third-order valence-electron chi connectivity index (χ3n) is 2.24. The van der Waals surface area contributed by atoms with Crippen molar-refractivity contribution in [2.24, 2.45) is 0 Å². The minimum absolute atomic E-state index is 0.241.